The van der Waals surface area contributed by atoms with Crippen molar-refractivity contribution in [1.29, 1.82) is 0 Å². The van der Waals surface area contributed by atoms with Crippen molar-refractivity contribution in [3.63, 3.8) is 0 Å². The van der Waals surface area contributed by atoms with Crippen LogP contribution in [0.15, 0.2) is 97.1 Å². The summed E-state index contributed by atoms with van der Waals surface area (Å²) in [7, 11) is 0. The van der Waals surface area contributed by atoms with Crippen molar-refractivity contribution < 1.29 is 0 Å². The summed E-state index contributed by atoms with van der Waals surface area (Å²) >= 11 is 0. The Labute approximate surface area is 239 Å². The second-order valence-electron chi connectivity index (χ2n) is 12.8. The molecule has 0 heteroatoms. The molecule has 0 unspecified atom stereocenters. The van der Waals surface area contributed by atoms with E-state index in [-0.39, 0.29) is 10.8 Å². The highest BCUT2D eigenvalue weighted by atomic mass is 14.4. The average molecular weight is 519 g/mol. The fourth-order valence-electron chi connectivity index (χ4n) is 7.65. The van der Waals surface area contributed by atoms with Crippen molar-refractivity contribution >= 4 is 16.3 Å². The molecule has 5 aromatic carbocycles. The van der Waals surface area contributed by atoms with Gasteiger partial charge in [0.1, 0.15) is 0 Å². The highest BCUT2D eigenvalue weighted by Gasteiger charge is 2.42. The van der Waals surface area contributed by atoms with Gasteiger partial charge in [-0.05, 0) is 109 Å². The lowest BCUT2D eigenvalue weighted by Gasteiger charge is -2.24. The maximum absolute atomic E-state index is 2.54. The molecular formula is C40H38. The molecule has 40 heavy (non-hydrogen) atoms. The van der Waals surface area contributed by atoms with E-state index in [1.807, 2.05) is 0 Å². The van der Waals surface area contributed by atoms with Gasteiger partial charge in [0.15, 0.2) is 0 Å². The van der Waals surface area contributed by atoms with Gasteiger partial charge in [0.05, 0.1) is 0 Å². The third-order valence-electron chi connectivity index (χ3n) is 9.79. The molecule has 0 atom stereocenters. The monoisotopic (exact) mass is 518 g/mol. The van der Waals surface area contributed by atoms with E-state index in [1.165, 1.54) is 77.5 Å². The van der Waals surface area contributed by atoms with Crippen LogP contribution >= 0.6 is 0 Å². The highest BCUT2D eigenvalue weighted by molar-refractivity contribution is 6.03. The third-order valence-corrected chi connectivity index (χ3v) is 9.79. The standard InChI is InChI=1S/C40H38/c1-7-13-25-14-9-11-16-29(25)28(8-2)27-18-20-31-32-23-37-33(24-36(32)40(5,6)35(31)22-27)38-30-17-12-10-15-26(30)19-21-34(38)39(37,3)4/h8-12,14-24H,7,13H2,1-6H3/b28-8-. The van der Waals surface area contributed by atoms with E-state index in [4.69, 9.17) is 0 Å². The van der Waals surface area contributed by atoms with Crippen molar-refractivity contribution in [3.05, 3.63) is 136 Å². The van der Waals surface area contributed by atoms with Gasteiger partial charge in [-0.25, -0.2) is 0 Å². The van der Waals surface area contributed by atoms with Gasteiger partial charge >= 0.3 is 0 Å². The SMILES string of the molecule is C/C=C(/c1ccc2c(c1)C(C)(C)c1cc3c(cc1-2)C(C)(C)c1ccc2ccccc2c1-3)c1ccccc1CCC. The summed E-state index contributed by atoms with van der Waals surface area (Å²) in [6, 6.07) is 34.8. The van der Waals surface area contributed by atoms with Gasteiger partial charge in [-0.1, -0.05) is 120 Å². The molecule has 198 valence electrons. The Kier molecular flexibility index (Phi) is 5.52. The zero-order valence-electron chi connectivity index (χ0n) is 24.7. The number of aryl methyl sites for hydroxylation is 1. The van der Waals surface area contributed by atoms with Gasteiger partial charge in [0.2, 0.25) is 0 Å². The molecular weight excluding hydrogens is 480 g/mol. The molecule has 7 rings (SSSR count). The Morgan fingerprint density at radius 1 is 0.650 bits per heavy atom. The predicted octanol–water partition coefficient (Wildman–Crippen LogP) is 10.9. The topological polar surface area (TPSA) is 0 Å². The zero-order chi connectivity index (χ0) is 27.8. The van der Waals surface area contributed by atoms with E-state index in [0.717, 1.165) is 12.8 Å². The predicted molar refractivity (Wildman–Crippen MR) is 172 cm³/mol. The molecule has 0 radical (unpaired) electrons. The molecule has 5 aromatic rings. The average Bonchev–Trinajstić information content (AvgIpc) is 3.32. The maximum Gasteiger partial charge on any atom is 0.0159 e. The molecule has 0 heterocycles. The van der Waals surface area contributed by atoms with Gasteiger partial charge in [-0.15, -0.1) is 0 Å². The minimum absolute atomic E-state index is 0.0301. The first-order chi connectivity index (χ1) is 19.3. The molecule has 0 aromatic heterocycles. The van der Waals surface area contributed by atoms with Crippen molar-refractivity contribution in [2.45, 2.75) is 65.2 Å². The Hall–Kier alpha value is -3.90. The molecule has 0 saturated carbocycles. The highest BCUT2D eigenvalue weighted by Crippen LogP contribution is 2.57. The number of fused-ring (bicyclic) bond motifs is 8. The third kappa shape index (κ3) is 3.38. The number of allylic oxidation sites excluding steroid dienone is 1. The van der Waals surface area contributed by atoms with Crippen LogP contribution in [0.2, 0.25) is 0 Å². The van der Waals surface area contributed by atoms with Crippen molar-refractivity contribution in [1.82, 2.24) is 0 Å². The van der Waals surface area contributed by atoms with Crippen LogP contribution < -0.4 is 0 Å². The van der Waals surface area contributed by atoms with Crippen LogP contribution in [0.25, 0.3) is 38.6 Å². The number of benzene rings is 5. The first-order valence-corrected chi connectivity index (χ1v) is 14.9. The van der Waals surface area contributed by atoms with Crippen LogP contribution in [0.4, 0.5) is 0 Å². The van der Waals surface area contributed by atoms with Crippen LogP contribution in [0.3, 0.4) is 0 Å². The molecule has 0 spiro atoms. The Morgan fingerprint density at radius 3 is 2.12 bits per heavy atom. The Bertz CT molecular complexity index is 1860. The zero-order valence-corrected chi connectivity index (χ0v) is 24.7. The first kappa shape index (κ1) is 25.1. The van der Waals surface area contributed by atoms with Gasteiger partial charge in [-0.3, -0.25) is 0 Å². The molecule has 0 N–H and O–H groups in total. The van der Waals surface area contributed by atoms with Crippen molar-refractivity contribution in [2.24, 2.45) is 0 Å². The lowest BCUT2D eigenvalue weighted by atomic mass is 9.79. The summed E-state index contributed by atoms with van der Waals surface area (Å²) in [6.07, 6.45) is 4.55. The lowest BCUT2D eigenvalue weighted by molar-refractivity contribution is 0.652. The van der Waals surface area contributed by atoms with E-state index in [2.05, 4.69) is 139 Å². The fraction of sp³-hybridized carbons (Fsp3) is 0.250. The molecule has 0 nitrogen and oxygen atoms in total. The minimum Gasteiger partial charge on any atom is -0.0792 e. The maximum atomic E-state index is 2.54. The minimum atomic E-state index is -0.0744. The molecule has 2 aliphatic rings. The Balaban J connectivity index is 1.40. The number of hydrogen-bond acceptors (Lipinski definition) is 0. The van der Waals surface area contributed by atoms with Gasteiger partial charge < -0.3 is 0 Å². The number of rotatable bonds is 4. The van der Waals surface area contributed by atoms with Crippen molar-refractivity contribution in [3.8, 4) is 22.3 Å². The molecule has 0 aliphatic heterocycles. The van der Waals surface area contributed by atoms with Crippen LogP contribution in [0, 0.1) is 0 Å². The molecule has 0 saturated heterocycles. The van der Waals surface area contributed by atoms with E-state index in [1.54, 1.807) is 0 Å². The molecule has 0 amide bonds. The fourth-order valence-corrected chi connectivity index (χ4v) is 7.65. The van der Waals surface area contributed by atoms with E-state index in [9.17, 15) is 0 Å². The number of hydrogen-bond donors (Lipinski definition) is 0. The van der Waals surface area contributed by atoms with E-state index >= 15 is 0 Å². The Morgan fingerprint density at radius 2 is 1.32 bits per heavy atom. The van der Waals surface area contributed by atoms with Gasteiger partial charge in [-0.2, -0.15) is 0 Å². The summed E-state index contributed by atoms with van der Waals surface area (Å²) in [6.45, 7) is 14.1. The largest absolute Gasteiger partial charge is 0.0792 e. The van der Waals surface area contributed by atoms with Crippen LogP contribution in [0.5, 0.6) is 0 Å². The molecule has 0 bridgehead atoms. The summed E-state index contributed by atoms with van der Waals surface area (Å²) < 4.78 is 0. The normalized spacial score (nSPS) is 16.0. The van der Waals surface area contributed by atoms with Crippen LogP contribution in [-0.2, 0) is 17.3 Å². The molecule has 2 aliphatic carbocycles. The van der Waals surface area contributed by atoms with Crippen molar-refractivity contribution in [2.75, 3.05) is 0 Å². The second kappa shape index (κ2) is 8.80. The van der Waals surface area contributed by atoms with Gasteiger partial charge in [0.25, 0.3) is 0 Å². The summed E-state index contributed by atoms with van der Waals surface area (Å²) in [5.74, 6) is 0. The van der Waals surface area contributed by atoms with Gasteiger partial charge in [0, 0.05) is 10.8 Å². The summed E-state index contributed by atoms with van der Waals surface area (Å²) in [5, 5.41) is 2.69. The smallest absolute Gasteiger partial charge is 0.0159 e. The summed E-state index contributed by atoms with van der Waals surface area (Å²) in [4.78, 5) is 0. The molecule has 0 fully saturated rings. The quantitative estimate of drug-likeness (QED) is 0.222. The first-order valence-electron chi connectivity index (χ1n) is 14.9. The second-order valence-corrected chi connectivity index (χ2v) is 12.8. The van der Waals surface area contributed by atoms with Crippen LogP contribution in [0.1, 0.15) is 86.9 Å². The van der Waals surface area contributed by atoms with E-state index in [0.29, 0.717) is 0 Å². The van der Waals surface area contributed by atoms with Crippen LogP contribution in [-0.4, -0.2) is 0 Å². The summed E-state index contributed by atoms with van der Waals surface area (Å²) in [5.41, 5.74) is 16.8. The lowest BCUT2D eigenvalue weighted by Crippen LogP contribution is -2.17. The van der Waals surface area contributed by atoms with E-state index < -0.39 is 0 Å².